The summed E-state index contributed by atoms with van der Waals surface area (Å²) < 4.78 is 1.99. The first-order valence-electron chi connectivity index (χ1n) is 7.50. The summed E-state index contributed by atoms with van der Waals surface area (Å²) in [4.78, 5) is 14.6. The fraction of sp³-hybridized carbons (Fsp3) is 0.438. The molecule has 116 valence electrons. The van der Waals surface area contributed by atoms with Gasteiger partial charge in [-0.15, -0.1) is 10.2 Å². The fourth-order valence-electron chi connectivity index (χ4n) is 2.83. The van der Waals surface area contributed by atoms with Crippen LogP contribution in [0.25, 0.3) is 0 Å². The summed E-state index contributed by atoms with van der Waals surface area (Å²) in [5, 5.41) is 8.84. The number of nitrogens with zero attached hydrogens (tertiary/aromatic N) is 4. The lowest BCUT2D eigenvalue weighted by Gasteiger charge is -2.22. The lowest BCUT2D eigenvalue weighted by Crippen LogP contribution is -2.37. The van der Waals surface area contributed by atoms with Crippen LogP contribution in [-0.4, -0.2) is 32.5 Å². The highest BCUT2D eigenvalue weighted by Gasteiger charge is 2.30. The Kier molecular flexibility index (Phi) is 4.20. The van der Waals surface area contributed by atoms with Gasteiger partial charge in [0.15, 0.2) is 5.16 Å². The van der Waals surface area contributed by atoms with Gasteiger partial charge in [-0.25, -0.2) is 0 Å². The molecular weight excluding hydrogens is 296 g/mol. The first-order valence-corrected chi connectivity index (χ1v) is 8.48. The molecule has 1 atom stereocenters. The fourth-order valence-corrected chi connectivity index (χ4v) is 3.73. The Hall–Kier alpha value is -1.82. The number of benzene rings is 1. The van der Waals surface area contributed by atoms with Crippen molar-refractivity contribution in [3.8, 4) is 0 Å². The molecule has 0 saturated carbocycles. The minimum absolute atomic E-state index is 0.126. The van der Waals surface area contributed by atoms with Crippen LogP contribution in [0, 0.1) is 0 Å². The molecule has 0 unspecified atom stereocenters. The predicted octanol–water partition coefficient (Wildman–Crippen LogP) is 2.93. The van der Waals surface area contributed by atoms with Crippen LogP contribution >= 0.6 is 11.8 Å². The Labute approximate surface area is 134 Å². The smallest absolute Gasteiger partial charge is 0.237 e. The molecule has 22 heavy (non-hydrogen) atoms. The van der Waals surface area contributed by atoms with Crippen molar-refractivity contribution in [1.29, 1.82) is 0 Å². The Morgan fingerprint density at radius 1 is 1.41 bits per heavy atom. The number of carbonyl (C=O) groups is 1. The van der Waals surface area contributed by atoms with Crippen LogP contribution in [0.15, 0.2) is 35.7 Å². The highest BCUT2D eigenvalue weighted by atomic mass is 32.2. The van der Waals surface area contributed by atoms with Crippen LogP contribution in [0.2, 0.25) is 0 Å². The molecule has 1 aliphatic rings. The van der Waals surface area contributed by atoms with Crippen LogP contribution in [-0.2, 0) is 11.2 Å². The van der Waals surface area contributed by atoms with E-state index in [1.807, 2.05) is 27.7 Å². The van der Waals surface area contributed by atoms with Crippen molar-refractivity contribution in [3.05, 3.63) is 36.2 Å². The second-order valence-electron chi connectivity index (χ2n) is 5.85. The lowest BCUT2D eigenvalue weighted by molar-refractivity contribution is -0.116. The molecule has 3 rings (SSSR count). The number of rotatable bonds is 4. The van der Waals surface area contributed by atoms with E-state index in [0.717, 1.165) is 17.3 Å². The van der Waals surface area contributed by atoms with E-state index in [0.29, 0.717) is 11.8 Å². The molecule has 0 bridgehead atoms. The molecule has 1 aromatic carbocycles. The van der Waals surface area contributed by atoms with Gasteiger partial charge in [-0.3, -0.25) is 4.79 Å². The summed E-state index contributed by atoms with van der Waals surface area (Å²) in [6.45, 7) is 6.25. The number of fused-ring (bicyclic) bond motifs is 1. The van der Waals surface area contributed by atoms with Gasteiger partial charge in [0.1, 0.15) is 6.33 Å². The summed E-state index contributed by atoms with van der Waals surface area (Å²) in [6.07, 6.45) is 2.64. The topological polar surface area (TPSA) is 51.0 Å². The third-order valence-electron chi connectivity index (χ3n) is 3.90. The van der Waals surface area contributed by atoms with Crippen molar-refractivity contribution in [1.82, 2.24) is 14.8 Å². The Balaban J connectivity index is 1.71. The first-order chi connectivity index (χ1) is 10.6. The number of carbonyl (C=O) groups excluding carboxylic acids is 1. The molecule has 1 amide bonds. The maximum Gasteiger partial charge on any atom is 0.237 e. The van der Waals surface area contributed by atoms with Crippen molar-refractivity contribution < 1.29 is 4.79 Å². The minimum Gasteiger partial charge on any atom is -0.308 e. The molecule has 1 aromatic heterocycles. The molecule has 0 fully saturated rings. The molecule has 0 radical (unpaired) electrons. The van der Waals surface area contributed by atoms with Crippen molar-refractivity contribution >= 4 is 23.4 Å². The van der Waals surface area contributed by atoms with E-state index >= 15 is 0 Å². The normalized spacial score (nSPS) is 17.1. The second kappa shape index (κ2) is 6.12. The van der Waals surface area contributed by atoms with Gasteiger partial charge in [0.05, 0.1) is 5.75 Å². The van der Waals surface area contributed by atoms with Crippen LogP contribution in [0.5, 0.6) is 0 Å². The maximum atomic E-state index is 12.6. The van der Waals surface area contributed by atoms with Crippen LogP contribution < -0.4 is 4.90 Å². The SMILES string of the molecule is CC(C)n1cnnc1SCC(=O)N1c2ccccc2C[C@@H]1C. The third kappa shape index (κ3) is 2.75. The van der Waals surface area contributed by atoms with Gasteiger partial charge >= 0.3 is 0 Å². The number of hydrogen-bond donors (Lipinski definition) is 0. The van der Waals surface area contributed by atoms with Crippen molar-refractivity contribution in [3.63, 3.8) is 0 Å². The van der Waals surface area contributed by atoms with Crippen LogP contribution in [0.4, 0.5) is 5.69 Å². The number of amides is 1. The van der Waals surface area contributed by atoms with Crippen molar-refractivity contribution in [2.45, 2.75) is 44.4 Å². The molecule has 0 N–H and O–H groups in total. The molecule has 1 aliphatic heterocycles. The van der Waals surface area contributed by atoms with Gasteiger partial charge in [-0.2, -0.15) is 0 Å². The van der Waals surface area contributed by atoms with Gasteiger partial charge in [-0.05, 0) is 38.8 Å². The average molecular weight is 316 g/mol. The zero-order chi connectivity index (χ0) is 15.7. The molecule has 6 heteroatoms. The van der Waals surface area contributed by atoms with E-state index in [4.69, 9.17) is 0 Å². The summed E-state index contributed by atoms with van der Waals surface area (Å²) in [5.74, 6) is 0.505. The lowest BCUT2D eigenvalue weighted by atomic mass is 10.1. The quantitative estimate of drug-likeness (QED) is 0.814. The van der Waals surface area contributed by atoms with Gasteiger partial charge in [0.2, 0.25) is 5.91 Å². The number of aromatic nitrogens is 3. The van der Waals surface area contributed by atoms with Gasteiger partial charge in [0.25, 0.3) is 0 Å². The summed E-state index contributed by atoms with van der Waals surface area (Å²) in [6, 6.07) is 8.64. The van der Waals surface area contributed by atoms with Gasteiger partial charge < -0.3 is 9.47 Å². The Bertz CT molecular complexity index is 682. The van der Waals surface area contributed by atoms with Crippen molar-refractivity contribution in [2.24, 2.45) is 0 Å². The highest BCUT2D eigenvalue weighted by Crippen LogP contribution is 2.32. The Morgan fingerprint density at radius 2 is 2.18 bits per heavy atom. The number of para-hydroxylation sites is 1. The average Bonchev–Trinajstić information content (AvgIpc) is 3.07. The standard InChI is InChI=1S/C16H20N4OS/c1-11(2)19-10-17-18-16(19)22-9-15(21)20-12(3)8-13-6-4-5-7-14(13)20/h4-7,10-12H,8-9H2,1-3H3/t12-/m0/s1. The predicted molar refractivity (Wildman–Crippen MR) is 88.2 cm³/mol. The second-order valence-corrected chi connectivity index (χ2v) is 6.79. The van der Waals surface area contributed by atoms with Crippen molar-refractivity contribution in [2.75, 3.05) is 10.7 Å². The monoisotopic (exact) mass is 316 g/mol. The third-order valence-corrected chi connectivity index (χ3v) is 4.84. The molecule has 2 aromatic rings. The van der Waals surface area contributed by atoms with E-state index in [-0.39, 0.29) is 11.9 Å². The van der Waals surface area contributed by atoms with E-state index in [2.05, 4.69) is 37.0 Å². The molecular formula is C16H20N4OS. The van der Waals surface area contributed by atoms with E-state index in [1.54, 1.807) is 6.33 Å². The van der Waals surface area contributed by atoms with Gasteiger partial charge in [0, 0.05) is 17.8 Å². The summed E-state index contributed by atoms with van der Waals surface area (Å²) >= 11 is 1.45. The van der Waals surface area contributed by atoms with E-state index < -0.39 is 0 Å². The largest absolute Gasteiger partial charge is 0.308 e. The number of thioether (sulfide) groups is 1. The number of anilines is 1. The maximum absolute atomic E-state index is 12.6. The zero-order valence-corrected chi connectivity index (χ0v) is 13.9. The minimum atomic E-state index is 0.126. The Morgan fingerprint density at radius 3 is 2.95 bits per heavy atom. The zero-order valence-electron chi connectivity index (χ0n) is 13.1. The molecule has 2 heterocycles. The van der Waals surface area contributed by atoms with Gasteiger partial charge in [-0.1, -0.05) is 30.0 Å². The summed E-state index contributed by atoms with van der Waals surface area (Å²) in [5.41, 5.74) is 2.30. The molecule has 0 spiro atoms. The van der Waals surface area contributed by atoms with Crippen LogP contribution in [0.3, 0.4) is 0 Å². The number of hydrogen-bond acceptors (Lipinski definition) is 4. The van der Waals surface area contributed by atoms with E-state index in [1.165, 1.54) is 17.3 Å². The summed E-state index contributed by atoms with van der Waals surface area (Å²) in [7, 11) is 0. The molecule has 0 saturated heterocycles. The van der Waals surface area contributed by atoms with Crippen LogP contribution in [0.1, 0.15) is 32.4 Å². The molecule has 0 aliphatic carbocycles. The molecule has 5 nitrogen and oxygen atoms in total. The van der Waals surface area contributed by atoms with E-state index in [9.17, 15) is 4.79 Å². The first kappa shape index (κ1) is 15.1. The highest BCUT2D eigenvalue weighted by molar-refractivity contribution is 7.99.